The Morgan fingerprint density at radius 2 is 2.32 bits per heavy atom. The molecule has 0 saturated carbocycles. The summed E-state index contributed by atoms with van der Waals surface area (Å²) in [4.78, 5) is 15.8. The maximum Gasteiger partial charge on any atom is 0.241 e. The Balaban J connectivity index is 2.42. The van der Waals surface area contributed by atoms with Crippen molar-refractivity contribution in [2.24, 2.45) is 5.73 Å². The molecular formula is C13H21N3O3. The van der Waals surface area contributed by atoms with E-state index < -0.39 is 6.04 Å². The minimum absolute atomic E-state index is 0.220. The normalized spacial score (nSPS) is 11.9. The molecule has 6 nitrogen and oxygen atoms in total. The average Bonchev–Trinajstić information content (AvgIpc) is 2.41. The van der Waals surface area contributed by atoms with E-state index in [2.05, 4.69) is 10.3 Å². The number of anilines is 1. The van der Waals surface area contributed by atoms with Crippen LogP contribution in [0.2, 0.25) is 0 Å². The average molecular weight is 267 g/mol. The number of ether oxygens (including phenoxy) is 2. The van der Waals surface area contributed by atoms with Gasteiger partial charge in [0.1, 0.15) is 0 Å². The molecule has 0 aliphatic carbocycles. The summed E-state index contributed by atoms with van der Waals surface area (Å²) >= 11 is 0. The summed E-state index contributed by atoms with van der Waals surface area (Å²) in [6, 6.07) is 2.90. The molecule has 1 rings (SSSR count). The van der Waals surface area contributed by atoms with E-state index >= 15 is 0 Å². The Hall–Kier alpha value is -1.66. The second kappa shape index (κ2) is 8.44. The lowest BCUT2D eigenvalue weighted by atomic mass is 10.1. The van der Waals surface area contributed by atoms with Gasteiger partial charge in [-0.1, -0.05) is 0 Å². The molecule has 0 aliphatic heterocycles. The van der Waals surface area contributed by atoms with Crippen molar-refractivity contribution < 1.29 is 14.3 Å². The fourth-order valence-electron chi connectivity index (χ4n) is 1.50. The summed E-state index contributed by atoms with van der Waals surface area (Å²) in [5.74, 6) is 0.312. The van der Waals surface area contributed by atoms with E-state index in [4.69, 9.17) is 15.2 Å². The van der Waals surface area contributed by atoms with Crippen LogP contribution in [0.3, 0.4) is 0 Å². The monoisotopic (exact) mass is 267 g/mol. The number of nitrogens with two attached hydrogens (primary N) is 1. The number of nitrogens with one attached hydrogen (secondary N) is 1. The van der Waals surface area contributed by atoms with Gasteiger partial charge in [-0.15, -0.1) is 0 Å². The first-order valence-electron chi connectivity index (χ1n) is 6.31. The lowest BCUT2D eigenvalue weighted by molar-refractivity contribution is -0.117. The van der Waals surface area contributed by atoms with Crippen molar-refractivity contribution >= 4 is 11.6 Å². The molecule has 1 amide bonds. The first-order valence-corrected chi connectivity index (χ1v) is 6.31. The van der Waals surface area contributed by atoms with Crippen LogP contribution in [0.4, 0.5) is 5.69 Å². The molecule has 0 radical (unpaired) electrons. The van der Waals surface area contributed by atoms with Gasteiger partial charge in [0.15, 0.2) is 0 Å². The summed E-state index contributed by atoms with van der Waals surface area (Å²) in [5, 5.41) is 2.72. The highest BCUT2D eigenvalue weighted by atomic mass is 16.5. The van der Waals surface area contributed by atoms with Crippen LogP contribution in [0, 0.1) is 0 Å². The summed E-state index contributed by atoms with van der Waals surface area (Å²) in [7, 11) is 1.62. The Kier molecular flexibility index (Phi) is 6.84. The predicted octanol–water partition coefficient (Wildman–Crippen LogP) is 1.17. The van der Waals surface area contributed by atoms with E-state index in [1.165, 1.54) is 0 Å². The van der Waals surface area contributed by atoms with Crippen LogP contribution in [-0.2, 0) is 9.53 Å². The third kappa shape index (κ3) is 5.67. The van der Waals surface area contributed by atoms with Gasteiger partial charge in [0.05, 0.1) is 24.5 Å². The summed E-state index contributed by atoms with van der Waals surface area (Å²) < 4.78 is 10.1. The quantitative estimate of drug-likeness (QED) is 0.690. The third-order valence-corrected chi connectivity index (χ3v) is 2.50. The maximum absolute atomic E-state index is 11.8. The van der Waals surface area contributed by atoms with Gasteiger partial charge < -0.3 is 20.5 Å². The highest BCUT2D eigenvalue weighted by Gasteiger charge is 2.13. The van der Waals surface area contributed by atoms with Gasteiger partial charge in [-0.3, -0.25) is 4.79 Å². The molecule has 0 aliphatic rings. The number of carbonyl (C=O) groups excluding carboxylic acids is 1. The number of methoxy groups -OCH3 is 1. The second-order valence-electron chi connectivity index (χ2n) is 4.05. The zero-order valence-electron chi connectivity index (χ0n) is 11.4. The van der Waals surface area contributed by atoms with E-state index in [1.54, 1.807) is 25.4 Å². The smallest absolute Gasteiger partial charge is 0.241 e. The van der Waals surface area contributed by atoms with Crippen molar-refractivity contribution in [2.75, 3.05) is 25.6 Å². The molecule has 1 atom stereocenters. The van der Waals surface area contributed by atoms with Gasteiger partial charge in [-0.05, 0) is 25.8 Å². The van der Waals surface area contributed by atoms with E-state index in [9.17, 15) is 4.79 Å². The number of carbonyl (C=O) groups is 1. The molecule has 0 spiro atoms. The Bertz CT molecular complexity index is 381. The molecule has 0 fully saturated rings. The standard InChI is InChI=1S/C13H21N3O3/c1-3-19-12-7-6-10(9-15-12)16-13(17)11(14)5-4-8-18-2/h6-7,9,11H,3-5,8,14H2,1-2H3,(H,16,17). The number of pyridine rings is 1. The lowest BCUT2D eigenvalue weighted by Crippen LogP contribution is -2.35. The molecule has 1 unspecified atom stereocenters. The van der Waals surface area contributed by atoms with Crippen molar-refractivity contribution in [3.8, 4) is 5.88 Å². The van der Waals surface area contributed by atoms with Crippen molar-refractivity contribution in [1.29, 1.82) is 0 Å². The van der Waals surface area contributed by atoms with E-state index in [-0.39, 0.29) is 5.91 Å². The summed E-state index contributed by atoms with van der Waals surface area (Å²) in [6.45, 7) is 3.05. The second-order valence-corrected chi connectivity index (χ2v) is 4.05. The molecule has 19 heavy (non-hydrogen) atoms. The van der Waals surface area contributed by atoms with Gasteiger partial charge in [0, 0.05) is 19.8 Å². The van der Waals surface area contributed by atoms with Gasteiger partial charge in [0.25, 0.3) is 0 Å². The molecule has 0 saturated heterocycles. The molecule has 1 aromatic heterocycles. The minimum atomic E-state index is -0.540. The third-order valence-electron chi connectivity index (χ3n) is 2.50. The van der Waals surface area contributed by atoms with Crippen LogP contribution in [0.25, 0.3) is 0 Å². The first kappa shape index (κ1) is 15.4. The predicted molar refractivity (Wildman–Crippen MR) is 73.1 cm³/mol. The highest BCUT2D eigenvalue weighted by molar-refractivity contribution is 5.94. The molecule has 0 bridgehead atoms. The number of aromatic nitrogens is 1. The zero-order valence-corrected chi connectivity index (χ0v) is 11.4. The van der Waals surface area contributed by atoms with Gasteiger partial charge in [0.2, 0.25) is 11.8 Å². The van der Waals surface area contributed by atoms with Crippen LogP contribution in [-0.4, -0.2) is 37.3 Å². The Morgan fingerprint density at radius 1 is 1.53 bits per heavy atom. The van der Waals surface area contributed by atoms with Crippen LogP contribution < -0.4 is 15.8 Å². The topological polar surface area (TPSA) is 86.5 Å². The minimum Gasteiger partial charge on any atom is -0.478 e. The molecule has 1 aromatic rings. The van der Waals surface area contributed by atoms with E-state index in [0.717, 1.165) is 6.42 Å². The Morgan fingerprint density at radius 3 is 2.89 bits per heavy atom. The van der Waals surface area contributed by atoms with Crippen LogP contribution in [0.15, 0.2) is 18.3 Å². The van der Waals surface area contributed by atoms with Crippen molar-refractivity contribution in [3.05, 3.63) is 18.3 Å². The largest absolute Gasteiger partial charge is 0.478 e. The number of hydrogen-bond acceptors (Lipinski definition) is 5. The maximum atomic E-state index is 11.8. The van der Waals surface area contributed by atoms with Crippen molar-refractivity contribution in [2.45, 2.75) is 25.8 Å². The van der Waals surface area contributed by atoms with Gasteiger partial charge >= 0.3 is 0 Å². The molecule has 6 heteroatoms. The van der Waals surface area contributed by atoms with Gasteiger partial charge in [-0.25, -0.2) is 4.98 Å². The van der Waals surface area contributed by atoms with Gasteiger partial charge in [-0.2, -0.15) is 0 Å². The SMILES string of the molecule is CCOc1ccc(NC(=O)C(N)CCCOC)cn1. The highest BCUT2D eigenvalue weighted by Crippen LogP contribution is 2.12. The molecular weight excluding hydrogens is 246 g/mol. The number of amides is 1. The molecule has 3 N–H and O–H groups in total. The van der Waals surface area contributed by atoms with Crippen LogP contribution in [0.5, 0.6) is 5.88 Å². The summed E-state index contributed by atoms with van der Waals surface area (Å²) in [5.41, 5.74) is 6.38. The van der Waals surface area contributed by atoms with E-state index in [0.29, 0.717) is 31.2 Å². The lowest BCUT2D eigenvalue weighted by Gasteiger charge is -2.12. The fourth-order valence-corrected chi connectivity index (χ4v) is 1.50. The molecule has 1 heterocycles. The Labute approximate surface area is 113 Å². The molecule has 0 aromatic carbocycles. The fraction of sp³-hybridized carbons (Fsp3) is 0.538. The first-order chi connectivity index (χ1) is 9.17. The number of rotatable bonds is 8. The van der Waals surface area contributed by atoms with Crippen molar-refractivity contribution in [1.82, 2.24) is 4.98 Å². The number of hydrogen-bond donors (Lipinski definition) is 2. The zero-order chi connectivity index (χ0) is 14.1. The molecule has 106 valence electrons. The summed E-state index contributed by atoms with van der Waals surface area (Å²) in [6.07, 6.45) is 2.89. The van der Waals surface area contributed by atoms with Crippen LogP contribution in [0.1, 0.15) is 19.8 Å². The number of nitrogens with zero attached hydrogens (tertiary/aromatic N) is 1. The van der Waals surface area contributed by atoms with E-state index in [1.807, 2.05) is 6.92 Å². The van der Waals surface area contributed by atoms with Crippen LogP contribution >= 0.6 is 0 Å². The van der Waals surface area contributed by atoms with Crippen molar-refractivity contribution in [3.63, 3.8) is 0 Å².